The molecule has 2 aromatic heterocycles. The molecule has 0 aliphatic heterocycles. The largest absolute Gasteiger partial charge is 0.393 e. The smallest absolute Gasteiger partial charge is 0.269 e. The van der Waals surface area contributed by atoms with Crippen molar-refractivity contribution in [2.75, 3.05) is 16.5 Å². The van der Waals surface area contributed by atoms with E-state index in [9.17, 15) is 4.79 Å². The van der Waals surface area contributed by atoms with Crippen LogP contribution in [0.5, 0.6) is 0 Å². The van der Waals surface area contributed by atoms with Gasteiger partial charge in [-0.2, -0.15) is 0 Å². The van der Waals surface area contributed by atoms with Crippen LogP contribution in [0.25, 0.3) is 10.9 Å². The molecule has 0 saturated carbocycles. The zero-order chi connectivity index (χ0) is 20.2. The predicted octanol–water partition coefficient (Wildman–Crippen LogP) is 3.42. The topological polar surface area (TPSA) is 118 Å². The molecule has 1 amide bonds. The number of hydrogen-bond donors (Lipinski definition) is 4. The van der Waals surface area contributed by atoms with E-state index in [1.54, 1.807) is 12.3 Å². The summed E-state index contributed by atoms with van der Waals surface area (Å²) < 4.78 is 0. The Morgan fingerprint density at radius 2 is 1.76 bits per heavy atom. The normalized spacial score (nSPS) is 10.5. The fourth-order valence-electron chi connectivity index (χ4n) is 2.95. The first-order valence-corrected chi connectivity index (χ1v) is 8.96. The lowest BCUT2D eigenvalue weighted by Gasteiger charge is -2.14. The maximum atomic E-state index is 12.4. The van der Waals surface area contributed by atoms with Gasteiger partial charge in [-0.15, -0.1) is 0 Å². The Morgan fingerprint density at radius 3 is 2.62 bits per heavy atom. The van der Waals surface area contributed by atoms with Gasteiger partial charge in [0.2, 0.25) is 0 Å². The third-order valence-electron chi connectivity index (χ3n) is 4.47. The maximum absolute atomic E-state index is 12.4. The number of anilines is 4. The molecule has 144 valence electrons. The summed E-state index contributed by atoms with van der Waals surface area (Å²) in [5, 5.41) is 4.16. The van der Waals surface area contributed by atoms with Crippen molar-refractivity contribution in [3.8, 4) is 0 Å². The summed E-state index contributed by atoms with van der Waals surface area (Å²) in [6.45, 7) is 1.87. The van der Waals surface area contributed by atoms with E-state index < -0.39 is 0 Å². The third kappa shape index (κ3) is 3.77. The molecular formula is C21H19N7O. The number of rotatable bonds is 5. The number of nitrogens with two attached hydrogens (primary N) is 1. The lowest BCUT2D eigenvalue weighted by molar-refractivity contribution is 0.0962. The number of benzene rings is 2. The third-order valence-corrected chi connectivity index (χ3v) is 4.47. The van der Waals surface area contributed by atoms with Crippen LogP contribution in [0.3, 0.4) is 0 Å². The zero-order valence-electron chi connectivity index (χ0n) is 15.7. The summed E-state index contributed by atoms with van der Waals surface area (Å²) in [7, 11) is 0. The van der Waals surface area contributed by atoms with Crippen LogP contribution in [0.4, 0.5) is 23.0 Å². The van der Waals surface area contributed by atoms with E-state index in [4.69, 9.17) is 5.73 Å². The van der Waals surface area contributed by atoms with Gasteiger partial charge in [-0.05, 0) is 42.8 Å². The summed E-state index contributed by atoms with van der Waals surface area (Å²) in [5.74, 6) is 0.433. The lowest BCUT2D eigenvalue weighted by atomic mass is 10.1. The Labute approximate surface area is 167 Å². The number of carbonyl (C=O) groups is 1. The van der Waals surface area contributed by atoms with E-state index in [1.807, 2.05) is 55.5 Å². The second-order valence-corrected chi connectivity index (χ2v) is 6.38. The predicted molar refractivity (Wildman–Crippen MR) is 114 cm³/mol. The van der Waals surface area contributed by atoms with Crippen LogP contribution >= 0.6 is 0 Å². The zero-order valence-corrected chi connectivity index (χ0v) is 15.7. The number of nitrogens with one attached hydrogen (secondary N) is 3. The molecule has 29 heavy (non-hydrogen) atoms. The van der Waals surface area contributed by atoms with Gasteiger partial charge in [-0.1, -0.05) is 24.3 Å². The van der Waals surface area contributed by atoms with E-state index in [0.717, 1.165) is 22.2 Å². The quantitative estimate of drug-likeness (QED) is 0.389. The minimum atomic E-state index is -0.282. The fraction of sp³-hybridized carbons (Fsp3) is 0.0476. The Kier molecular flexibility index (Phi) is 4.90. The minimum absolute atomic E-state index is 0.276. The number of carbonyl (C=O) groups excluding carboxylic acids is 1. The van der Waals surface area contributed by atoms with Crippen LogP contribution in [-0.2, 0) is 0 Å². The molecule has 5 N–H and O–H groups in total. The van der Waals surface area contributed by atoms with Crippen molar-refractivity contribution in [3.63, 3.8) is 0 Å². The standard InChI is InChI=1S/C21H19N7O/c1-13-6-2-3-7-14(13)21(29)28-27-20-18(22)19(24-12-25-20)26-17-10-4-9-16-15(17)8-5-11-23-16/h2-12H,22H2,1H3,(H,28,29)(H2,24,25,26,27). The number of aryl methyl sites for hydroxylation is 1. The fourth-order valence-corrected chi connectivity index (χ4v) is 2.95. The SMILES string of the molecule is Cc1ccccc1C(=O)NNc1ncnc(Nc2cccc3ncccc23)c1N. The first-order valence-electron chi connectivity index (χ1n) is 8.96. The molecule has 8 heteroatoms. The number of hydrazine groups is 1. The molecule has 8 nitrogen and oxygen atoms in total. The van der Waals surface area contributed by atoms with Crippen molar-refractivity contribution in [2.45, 2.75) is 6.92 Å². The van der Waals surface area contributed by atoms with Crippen molar-refractivity contribution in [2.24, 2.45) is 0 Å². The number of nitrogen functional groups attached to an aromatic ring is 1. The van der Waals surface area contributed by atoms with Gasteiger partial charge in [0.15, 0.2) is 11.6 Å². The Morgan fingerprint density at radius 1 is 0.931 bits per heavy atom. The number of fused-ring (bicyclic) bond motifs is 1. The molecule has 0 spiro atoms. The van der Waals surface area contributed by atoms with E-state index in [2.05, 4.69) is 31.1 Å². The second-order valence-electron chi connectivity index (χ2n) is 6.38. The number of aromatic nitrogens is 3. The van der Waals surface area contributed by atoms with Gasteiger partial charge in [0.1, 0.15) is 12.0 Å². The molecule has 2 aromatic carbocycles. The Bertz CT molecular complexity index is 1190. The van der Waals surface area contributed by atoms with Crippen molar-refractivity contribution >= 4 is 39.8 Å². The molecule has 0 bridgehead atoms. The summed E-state index contributed by atoms with van der Waals surface area (Å²) in [4.78, 5) is 25.1. The molecule has 2 heterocycles. The number of amides is 1. The van der Waals surface area contributed by atoms with Gasteiger partial charge in [0.05, 0.1) is 5.52 Å². The average molecular weight is 385 g/mol. The minimum Gasteiger partial charge on any atom is -0.393 e. The highest BCUT2D eigenvalue weighted by molar-refractivity contribution is 5.97. The van der Waals surface area contributed by atoms with Gasteiger partial charge >= 0.3 is 0 Å². The number of nitrogens with zero attached hydrogens (tertiary/aromatic N) is 3. The highest BCUT2D eigenvalue weighted by Gasteiger charge is 2.12. The van der Waals surface area contributed by atoms with E-state index in [-0.39, 0.29) is 11.6 Å². The molecule has 0 aliphatic carbocycles. The van der Waals surface area contributed by atoms with Crippen LogP contribution in [0.2, 0.25) is 0 Å². The summed E-state index contributed by atoms with van der Waals surface area (Å²) in [5.41, 5.74) is 15.0. The molecule has 4 rings (SSSR count). The molecule has 0 aliphatic rings. The summed E-state index contributed by atoms with van der Waals surface area (Å²) in [6.07, 6.45) is 3.11. The summed E-state index contributed by atoms with van der Waals surface area (Å²) >= 11 is 0. The Hall–Kier alpha value is -4.20. The monoisotopic (exact) mass is 385 g/mol. The van der Waals surface area contributed by atoms with Gasteiger partial charge in [0, 0.05) is 22.8 Å². The van der Waals surface area contributed by atoms with Gasteiger partial charge in [-0.25, -0.2) is 9.97 Å². The molecule has 0 atom stereocenters. The molecule has 0 saturated heterocycles. The first kappa shape index (κ1) is 18.2. The van der Waals surface area contributed by atoms with Crippen LogP contribution in [0.1, 0.15) is 15.9 Å². The van der Waals surface area contributed by atoms with Crippen LogP contribution in [-0.4, -0.2) is 20.9 Å². The second kappa shape index (κ2) is 7.81. The van der Waals surface area contributed by atoms with E-state index in [1.165, 1.54) is 6.33 Å². The number of pyridine rings is 1. The lowest BCUT2D eigenvalue weighted by Crippen LogP contribution is -2.30. The van der Waals surface area contributed by atoms with E-state index >= 15 is 0 Å². The number of hydrogen-bond acceptors (Lipinski definition) is 7. The van der Waals surface area contributed by atoms with Gasteiger partial charge < -0.3 is 11.1 Å². The highest BCUT2D eigenvalue weighted by atomic mass is 16.2. The van der Waals surface area contributed by atoms with Crippen LogP contribution in [0.15, 0.2) is 67.1 Å². The van der Waals surface area contributed by atoms with Crippen molar-refractivity contribution in [1.29, 1.82) is 0 Å². The molecule has 4 aromatic rings. The van der Waals surface area contributed by atoms with Gasteiger partial charge in [0.25, 0.3) is 5.91 Å². The first-order chi connectivity index (χ1) is 14.1. The molecule has 0 radical (unpaired) electrons. The van der Waals surface area contributed by atoms with Crippen LogP contribution < -0.4 is 21.9 Å². The van der Waals surface area contributed by atoms with Crippen LogP contribution in [0, 0.1) is 6.92 Å². The summed E-state index contributed by atoms with van der Waals surface area (Å²) in [6, 6.07) is 16.9. The maximum Gasteiger partial charge on any atom is 0.269 e. The molecule has 0 fully saturated rings. The average Bonchev–Trinajstić information content (AvgIpc) is 2.75. The van der Waals surface area contributed by atoms with Gasteiger partial charge in [-0.3, -0.25) is 20.6 Å². The molecule has 0 unspecified atom stereocenters. The van der Waals surface area contributed by atoms with Crippen molar-refractivity contribution < 1.29 is 4.79 Å². The van der Waals surface area contributed by atoms with E-state index in [0.29, 0.717) is 17.2 Å². The van der Waals surface area contributed by atoms with Crippen molar-refractivity contribution in [1.82, 2.24) is 20.4 Å². The molecular weight excluding hydrogens is 366 g/mol. The Balaban J connectivity index is 1.55. The highest BCUT2D eigenvalue weighted by Crippen LogP contribution is 2.29. The van der Waals surface area contributed by atoms with Crippen molar-refractivity contribution in [3.05, 3.63) is 78.2 Å².